The van der Waals surface area contributed by atoms with E-state index in [4.69, 9.17) is 10.8 Å². The van der Waals surface area contributed by atoms with Crippen LogP contribution in [0.15, 0.2) is 4.90 Å². The van der Waals surface area contributed by atoms with Crippen molar-refractivity contribution in [1.82, 2.24) is 9.78 Å². The zero-order valence-electron chi connectivity index (χ0n) is 11.2. The highest BCUT2D eigenvalue weighted by Crippen LogP contribution is 2.37. The van der Waals surface area contributed by atoms with Crippen molar-refractivity contribution in [3.8, 4) is 0 Å². The van der Waals surface area contributed by atoms with Crippen molar-refractivity contribution >= 4 is 15.7 Å². The Bertz CT molecular complexity index is 545. The summed E-state index contributed by atoms with van der Waals surface area (Å²) in [4.78, 5) is 0.160. The maximum Gasteiger partial charge on any atom is 0.181 e. The standard InChI is InChI=1S/C12H21N3O3S/c1-19(17,18)11-10(9-5-3-2-4-6-9)14-15(7-8-16)12(11)13/h9,16H,2-8,13H2,1H3. The van der Waals surface area contributed by atoms with Crippen molar-refractivity contribution in [3.63, 3.8) is 0 Å². The average molecular weight is 287 g/mol. The Hall–Kier alpha value is -1.08. The molecule has 1 fully saturated rings. The second-order valence-corrected chi connectivity index (χ2v) is 7.11. The molecule has 1 saturated carbocycles. The molecule has 2 rings (SSSR count). The Morgan fingerprint density at radius 2 is 2.00 bits per heavy atom. The summed E-state index contributed by atoms with van der Waals surface area (Å²) in [6.07, 6.45) is 6.46. The Morgan fingerprint density at radius 3 is 2.53 bits per heavy atom. The number of anilines is 1. The lowest BCUT2D eigenvalue weighted by Crippen LogP contribution is -2.10. The minimum atomic E-state index is -3.40. The number of hydrogen-bond acceptors (Lipinski definition) is 5. The first-order chi connectivity index (χ1) is 8.95. The number of aliphatic hydroxyl groups excluding tert-OH is 1. The van der Waals surface area contributed by atoms with Crippen molar-refractivity contribution in [3.05, 3.63) is 5.69 Å². The van der Waals surface area contributed by atoms with E-state index in [0.717, 1.165) is 31.9 Å². The molecule has 108 valence electrons. The normalized spacial score (nSPS) is 17.8. The van der Waals surface area contributed by atoms with E-state index in [9.17, 15) is 8.42 Å². The topological polar surface area (TPSA) is 98.2 Å². The molecule has 3 N–H and O–H groups in total. The molecule has 1 aromatic rings. The largest absolute Gasteiger partial charge is 0.394 e. The number of aromatic nitrogens is 2. The summed E-state index contributed by atoms with van der Waals surface area (Å²) in [5, 5.41) is 13.3. The highest BCUT2D eigenvalue weighted by Gasteiger charge is 2.29. The van der Waals surface area contributed by atoms with Gasteiger partial charge in [-0.2, -0.15) is 5.10 Å². The molecule has 0 saturated heterocycles. The molecule has 19 heavy (non-hydrogen) atoms. The molecule has 1 aliphatic rings. The number of nitrogen functional groups attached to an aromatic ring is 1. The minimum absolute atomic E-state index is 0.112. The quantitative estimate of drug-likeness (QED) is 0.857. The van der Waals surface area contributed by atoms with E-state index in [1.165, 1.54) is 11.1 Å². The monoisotopic (exact) mass is 287 g/mol. The van der Waals surface area contributed by atoms with Crippen LogP contribution in [0.2, 0.25) is 0 Å². The molecule has 0 atom stereocenters. The molecule has 0 bridgehead atoms. The molecule has 7 heteroatoms. The fourth-order valence-corrected chi connectivity index (χ4v) is 3.84. The predicted octanol–water partition coefficient (Wildman–Crippen LogP) is 0.909. The second kappa shape index (κ2) is 5.50. The van der Waals surface area contributed by atoms with Gasteiger partial charge in [0.1, 0.15) is 10.7 Å². The third-order valence-electron chi connectivity index (χ3n) is 3.65. The lowest BCUT2D eigenvalue weighted by atomic mass is 9.87. The van der Waals surface area contributed by atoms with E-state index in [2.05, 4.69) is 5.10 Å². The maximum absolute atomic E-state index is 11.9. The van der Waals surface area contributed by atoms with Crippen molar-refractivity contribution in [2.75, 3.05) is 18.6 Å². The van der Waals surface area contributed by atoms with Gasteiger partial charge < -0.3 is 10.8 Å². The summed E-state index contributed by atoms with van der Waals surface area (Å²) in [7, 11) is -3.40. The van der Waals surface area contributed by atoms with Gasteiger partial charge in [0.2, 0.25) is 0 Å². The van der Waals surface area contributed by atoms with Crippen LogP contribution in [0, 0.1) is 0 Å². The fourth-order valence-electron chi connectivity index (χ4n) is 2.77. The number of hydrogen-bond donors (Lipinski definition) is 2. The van der Waals surface area contributed by atoms with Crippen LogP contribution in [0.3, 0.4) is 0 Å². The van der Waals surface area contributed by atoms with Crippen molar-refractivity contribution in [1.29, 1.82) is 0 Å². The third-order valence-corrected chi connectivity index (χ3v) is 4.81. The van der Waals surface area contributed by atoms with Crippen LogP contribution in [0.4, 0.5) is 5.82 Å². The van der Waals surface area contributed by atoms with E-state index in [1.54, 1.807) is 0 Å². The molecule has 1 aliphatic carbocycles. The van der Waals surface area contributed by atoms with E-state index in [1.807, 2.05) is 0 Å². The number of nitrogens with zero attached hydrogens (tertiary/aromatic N) is 2. The fraction of sp³-hybridized carbons (Fsp3) is 0.750. The van der Waals surface area contributed by atoms with Gasteiger partial charge in [0.05, 0.1) is 18.8 Å². The molecule has 0 spiro atoms. The summed E-state index contributed by atoms with van der Waals surface area (Å²) >= 11 is 0. The van der Waals surface area contributed by atoms with Gasteiger partial charge >= 0.3 is 0 Å². The number of aliphatic hydroxyl groups is 1. The molecule has 0 amide bonds. The van der Waals surface area contributed by atoms with Gasteiger partial charge in [-0.1, -0.05) is 19.3 Å². The molecular weight excluding hydrogens is 266 g/mol. The van der Waals surface area contributed by atoms with E-state index in [0.29, 0.717) is 5.69 Å². The molecule has 0 aromatic carbocycles. The molecule has 6 nitrogen and oxygen atoms in total. The van der Waals surface area contributed by atoms with Crippen LogP contribution in [0.25, 0.3) is 0 Å². The molecule has 0 aliphatic heterocycles. The van der Waals surface area contributed by atoms with Gasteiger partial charge in [-0.05, 0) is 12.8 Å². The number of rotatable bonds is 4. The van der Waals surface area contributed by atoms with Crippen LogP contribution >= 0.6 is 0 Å². The Kier molecular flexibility index (Phi) is 4.15. The van der Waals surface area contributed by atoms with Crippen LogP contribution in [0.1, 0.15) is 43.7 Å². The Labute approximate surface area is 113 Å². The smallest absolute Gasteiger partial charge is 0.181 e. The molecule has 0 radical (unpaired) electrons. The van der Waals surface area contributed by atoms with Crippen molar-refractivity contribution in [2.45, 2.75) is 49.5 Å². The highest BCUT2D eigenvalue weighted by molar-refractivity contribution is 7.91. The van der Waals surface area contributed by atoms with E-state index >= 15 is 0 Å². The lowest BCUT2D eigenvalue weighted by Gasteiger charge is -2.20. The van der Waals surface area contributed by atoms with Gasteiger partial charge in [-0.15, -0.1) is 0 Å². The molecule has 1 heterocycles. The highest BCUT2D eigenvalue weighted by atomic mass is 32.2. The Balaban J connectivity index is 2.48. The van der Waals surface area contributed by atoms with Gasteiger partial charge in [-0.25, -0.2) is 13.1 Å². The number of sulfone groups is 1. The third kappa shape index (κ3) is 2.92. The van der Waals surface area contributed by atoms with Gasteiger partial charge in [0, 0.05) is 12.2 Å². The van der Waals surface area contributed by atoms with Crippen LogP contribution in [-0.2, 0) is 16.4 Å². The summed E-state index contributed by atoms with van der Waals surface area (Å²) < 4.78 is 25.3. The molecule has 0 unspecified atom stereocenters. The summed E-state index contributed by atoms with van der Waals surface area (Å²) in [5.74, 6) is 0.317. The van der Waals surface area contributed by atoms with E-state index in [-0.39, 0.29) is 29.8 Å². The van der Waals surface area contributed by atoms with Crippen LogP contribution in [0.5, 0.6) is 0 Å². The SMILES string of the molecule is CS(=O)(=O)c1c(C2CCCCC2)nn(CCO)c1N. The minimum Gasteiger partial charge on any atom is -0.394 e. The van der Waals surface area contributed by atoms with Crippen LogP contribution in [-0.4, -0.2) is 36.2 Å². The summed E-state index contributed by atoms with van der Waals surface area (Å²) in [5.41, 5.74) is 6.48. The van der Waals surface area contributed by atoms with Gasteiger partial charge in [-0.3, -0.25) is 0 Å². The maximum atomic E-state index is 11.9. The van der Waals surface area contributed by atoms with Crippen LogP contribution < -0.4 is 5.73 Å². The first kappa shape index (κ1) is 14.3. The zero-order valence-corrected chi connectivity index (χ0v) is 12.0. The van der Waals surface area contributed by atoms with Crippen molar-refractivity contribution in [2.24, 2.45) is 0 Å². The second-order valence-electron chi connectivity index (χ2n) is 5.15. The first-order valence-electron chi connectivity index (χ1n) is 6.62. The lowest BCUT2D eigenvalue weighted by molar-refractivity contribution is 0.269. The zero-order chi connectivity index (χ0) is 14.0. The van der Waals surface area contributed by atoms with Crippen molar-refractivity contribution < 1.29 is 13.5 Å². The predicted molar refractivity (Wildman–Crippen MR) is 72.7 cm³/mol. The van der Waals surface area contributed by atoms with Gasteiger partial charge in [0.25, 0.3) is 0 Å². The summed E-state index contributed by atoms with van der Waals surface area (Å²) in [6.45, 7) is 0.111. The average Bonchev–Trinajstić information content (AvgIpc) is 2.68. The van der Waals surface area contributed by atoms with Gasteiger partial charge in [0.15, 0.2) is 9.84 Å². The number of nitrogens with two attached hydrogens (primary N) is 1. The molecule has 1 aromatic heterocycles. The first-order valence-corrected chi connectivity index (χ1v) is 8.51. The Morgan fingerprint density at radius 1 is 1.37 bits per heavy atom. The molecular formula is C12H21N3O3S. The summed E-state index contributed by atoms with van der Waals surface area (Å²) in [6, 6.07) is 0. The van der Waals surface area contributed by atoms with E-state index < -0.39 is 9.84 Å².